The Hall–Kier alpha value is -1.31. The average Bonchev–Trinajstić information content (AvgIpc) is 3.04. The lowest BCUT2D eigenvalue weighted by Gasteiger charge is -2.17. The van der Waals surface area contributed by atoms with E-state index in [2.05, 4.69) is 44.3 Å². The normalized spacial score (nSPS) is 16.9. The Morgan fingerprint density at radius 3 is 2.69 bits per heavy atom. The Morgan fingerprint density at radius 1 is 1.38 bits per heavy atom. The number of aryl methyl sites for hydroxylation is 2. The molecular weight excluding hydrogens is 198 g/mol. The fourth-order valence-electron chi connectivity index (χ4n) is 1.98. The van der Waals surface area contributed by atoms with Crippen molar-refractivity contribution in [2.75, 3.05) is 0 Å². The van der Waals surface area contributed by atoms with Gasteiger partial charge < -0.3 is 5.32 Å². The number of hydrogen-bond donors (Lipinski definition) is 1. The first-order valence-corrected chi connectivity index (χ1v) is 5.95. The molecule has 0 saturated heterocycles. The van der Waals surface area contributed by atoms with E-state index in [0.29, 0.717) is 0 Å². The zero-order valence-electron chi connectivity index (χ0n) is 10.2. The number of rotatable bonds is 3. The summed E-state index contributed by atoms with van der Waals surface area (Å²) in [6, 6.07) is 6.50. The van der Waals surface area contributed by atoms with E-state index in [1.807, 2.05) is 0 Å². The Morgan fingerprint density at radius 2 is 2.06 bits per heavy atom. The van der Waals surface area contributed by atoms with E-state index >= 15 is 0 Å². The summed E-state index contributed by atoms with van der Waals surface area (Å²) in [6.07, 6.45) is 2.12. The summed E-state index contributed by atoms with van der Waals surface area (Å²) in [6.45, 7) is 6.23. The maximum absolute atomic E-state index is 11.7. The lowest BCUT2D eigenvalue weighted by molar-refractivity contribution is -0.122. The highest BCUT2D eigenvalue weighted by Gasteiger charge is 2.30. The molecule has 1 aromatic rings. The van der Waals surface area contributed by atoms with Gasteiger partial charge in [-0.15, -0.1) is 0 Å². The SMILES string of the molecule is Cc1ccc(C)c([C@H](C)NC(=O)C2CC2)c1. The van der Waals surface area contributed by atoms with Crippen molar-refractivity contribution in [3.05, 3.63) is 34.9 Å². The Balaban J connectivity index is 2.09. The van der Waals surface area contributed by atoms with E-state index in [-0.39, 0.29) is 17.9 Å². The van der Waals surface area contributed by atoms with Gasteiger partial charge in [0.15, 0.2) is 0 Å². The van der Waals surface area contributed by atoms with Gasteiger partial charge >= 0.3 is 0 Å². The van der Waals surface area contributed by atoms with Crippen molar-refractivity contribution in [2.24, 2.45) is 5.92 Å². The third-order valence-electron chi connectivity index (χ3n) is 3.21. The average molecular weight is 217 g/mol. The molecule has 1 amide bonds. The van der Waals surface area contributed by atoms with E-state index < -0.39 is 0 Å². The third kappa shape index (κ3) is 2.43. The largest absolute Gasteiger partial charge is 0.349 e. The molecule has 0 unspecified atom stereocenters. The van der Waals surface area contributed by atoms with Crippen LogP contribution in [-0.2, 0) is 4.79 Å². The van der Waals surface area contributed by atoms with Crippen molar-refractivity contribution in [2.45, 2.75) is 39.7 Å². The monoisotopic (exact) mass is 217 g/mol. The molecule has 0 bridgehead atoms. The topological polar surface area (TPSA) is 29.1 Å². The highest BCUT2D eigenvalue weighted by molar-refractivity contribution is 5.81. The molecule has 0 aromatic heterocycles. The minimum atomic E-state index is 0.119. The van der Waals surface area contributed by atoms with Gasteiger partial charge in [0.1, 0.15) is 0 Å². The molecule has 0 aliphatic heterocycles. The summed E-state index contributed by atoms with van der Waals surface area (Å²) in [5.74, 6) is 0.501. The molecule has 2 rings (SSSR count). The zero-order chi connectivity index (χ0) is 11.7. The summed E-state index contributed by atoms with van der Waals surface area (Å²) in [5, 5.41) is 3.09. The second-order valence-electron chi connectivity index (χ2n) is 4.86. The molecule has 1 saturated carbocycles. The van der Waals surface area contributed by atoms with E-state index in [9.17, 15) is 4.79 Å². The molecule has 0 radical (unpaired) electrons. The molecule has 1 fully saturated rings. The van der Waals surface area contributed by atoms with Crippen molar-refractivity contribution in [1.82, 2.24) is 5.32 Å². The van der Waals surface area contributed by atoms with Crippen LogP contribution >= 0.6 is 0 Å². The fraction of sp³-hybridized carbons (Fsp3) is 0.500. The van der Waals surface area contributed by atoms with Crippen LogP contribution in [0, 0.1) is 19.8 Å². The fourth-order valence-corrected chi connectivity index (χ4v) is 1.98. The smallest absolute Gasteiger partial charge is 0.223 e. The van der Waals surface area contributed by atoms with Gasteiger partial charge in [0.25, 0.3) is 0 Å². The molecule has 0 heterocycles. The zero-order valence-corrected chi connectivity index (χ0v) is 10.2. The Labute approximate surface area is 97.1 Å². The molecule has 0 spiro atoms. The quantitative estimate of drug-likeness (QED) is 0.828. The van der Waals surface area contributed by atoms with Crippen LogP contribution < -0.4 is 5.32 Å². The van der Waals surface area contributed by atoms with Gasteiger partial charge in [0, 0.05) is 5.92 Å². The van der Waals surface area contributed by atoms with Crippen LogP contribution in [0.1, 0.15) is 42.5 Å². The van der Waals surface area contributed by atoms with Crippen molar-refractivity contribution in [3.8, 4) is 0 Å². The first-order chi connectivity index (χ1) is 7.58. The van der Waals surface area contributed by atoms with E-state index in [0.717, 1.165) is 12.8 Å². The molecule has 2 heteroatoms. The molecule has 86 valence electrons. The molecule has 2 nitrogen and oxygen atoms in total. The van der Waals surface area contributed by atoms with Gasteiger partial charge in [-0.3, -0.25) is 4.79 Å². The highest BCUT2D eigenvalue weighted by Crippen LogP contribution is 2.30. The molecule has 1 atom stereocenters. The van der Waals surface area contributed by atoms with Crippen LogP contribution in [0.5, 0.6) is 0 Å². The first-order valence-electron chi connectivity index (χ1n) is 5.95. The minimum absolute atomic E-state index is 0.119. The standard InChI is InChI=1S/C14H19NO/c1-9-4-5-10(2)13(8-9)11(3)15-14(16)12-6-7-12/h4-5,8,11-12H,6-7H2,1-3H3,(H,15,16)/t11-/m0/s1. The summed E-state index contributed by atoms with van der Waals surface area (Å²) in [4.78, 5) is 11.7. The number of nitrogens with one attached hydrogen (secondary N) is 1. The van der Waals surface area contributed by atoms with Gasteiger partial charge in [-0.2, -0.15) is 0 Å². The van der Waals surface area contributed by atoms with Crippen LogP contribution in [0.2, 0.25) is 0 Å². The second-order valence-corrected chi connectivity index (χ2v) is 4.86. The molecule has 1 aliphatic rings. The van der Waals surface area contributed by atoms with Crippen molar-refractivity contribution in [3.63, 3.8) is 0 Å². The van der Waals surface area contributed by atoms with Crippen LogP contribution in [0.15, 0.2) is 18.2 Å². The highest BCUT2D eigenvalue weighted by atomic mass is 16.2. The summed E-state index contributed by atoms with van der Waals surface area (Å²) < 4.78 is 0. The van der Waals surface area contributed by atoms with Gasteiger partial charge in [-0.25, -0.2) is 0 Å². The molecule has 1 aliphatic carbocycles. The van der Waals surface area contributed by atoms with Crippen LogP contribution in [0.3, 0.4) is 0 Å². The van der Waals surface area contributed by atoms with E-state index in [4.69, 9.17) is 0 Å². The van der Waals surface area contributed by atoms with Crippen molar-refractivity contribution < 1.29 is 4.79 Å². The summed E-state index contributed by atoms with van der Waals surface area (Å²) in [7, 11) is 0. The summed E-state index contributed by atoms with van der Waals surface area (Å²) >= 11 is 0. The maximum atomic E-state index is 11.7. The van der Waals surface area contributed by atoms with Crippen LogP contribution in [0.25, 0.3) is 0 Å². The second kappa shape index (κ2) is 4.28. The number of carbonyl (C=O) groups excluding carboxylic acids is 1. The molecule has 1 N–H and O–H groups in total. The van der Waals surface area contributed by atoms with Gasteiger partial charge in [-0.1, -0.05) is 23.8 Å². The number of carbonyl (C=O) groups is 1. The van der Waals surface area contributed by atoms with E-state index in [1.165, 1.54) is 16.7 Å². The third-order valence-corrected chi connectivity index (χ3v) is 3.21. The van der Waals surface area contributed by atoms with Gasteiger partial charge in [0.2, 0.25) is 5.91 Å². The number of hydrogen-bond acceptors (Lipinski definition) is 1. The lowest BCUT2D eigenvalue weighted by Crippen LogP contribution is -2.28. The lowest BCUT2D eigenvalue weighted by atomic mass is 10.00. The predicted octanol–water partition coefficient (Wildman–Crippen LogP) is 2.89. The Kier molecular flexibility index (Phi) is 2.99. The van der Waals surface area contributed by atoms with Crippen LogP contribution in [-0.4, -0.2) is 5.91 Å². The van der Waals surface area contributed by atoms with Crippen molar-refractivity contribution >= 4 is 5.91 Å². The van der Waals surface area contributed by atoms with Crippen molar-refractivity contribution in [1.29, 1.82) is 0 Å². The first kappa shape index (κ1) is 11.2. The molecule has 1 aromatic carbocycles. The molecule has 16 heavy (non-hydrogen) atoms. The molecular formula is C14H19NO. The summed E-state index contributed by atoms with van der Waals surface area (Å²) in [5.41, 5.74) is 3.72. The maximum Gasteiger partial charge on any atom is 0.223 e. The number of benzene rings is 1. The van der Waals surface area contributed by atoms with Gasteiger partial charge in [-0.05, 0) is 44.7 Å². The minimum Gasteiger partial charge on any atom is -0.349 e. The Bertz CT molecular complexity index is 407. The predicted molar refractivity (Wildman–Crippen MR) is 65.2 cm³/mol. The van der Waals surface area contributed by atoms with E-state index in [1.54, 1.807) is 0 Å². The van der Waals surface area contributed by atoms with Gasteiger partial charge in [0.05, 0.1) is 6.04 Å². The van der Waals surface area contributed by atoms with Crippen LogP contribution in [0.4, 0.5) is 0 Å². The number of amides is 1.